The van der Waals surface area contributed by atoms with E-state index in [9.17, 15) is 9.59 Å². The Hall–Kier alpha value is -2.84. The molecule has 1 aromatic rings. The van der Waals surface area contributed by atoms with Crippen molar-refractivity contribution in [1.29, 1.82) is 0 Å². The second-order valence-corrected chi connectivity index (χ2v) is 8.42. The number of nitrogens with zero attached hydrogens (tertiary/aromatic N) is 2. The lowest BCUT2D eigenvalue weighted by atomic mass is 9.81. The molecule has 1 heterocycles. The van der Waals surface area contributed by atoms with Crippen molar-refractivity contribution < 1.29 is 19.4 Å². The summed E-state index contributed by atoms with van der Waals surface area (Å²) in [4.78, 5) is 27.1. The average Bonchev–Trinajstić information content (AvgIpc) is 3.13. The van der Waals surface area contributed by atoms with Crippen LogP contribution < -0.4 is 15.8 Å². The standard InChI is InChI=1S/C17H20ClNO2.C7H13N3O2/c1-12(9-13-5-4-6-13)19-11-14(10-17(19)20)21-16-8-3-2-7-15(16)18;8-7(10-6-12)2-4-9-3-1-5-11/h2-3,7-8,10,12-13H,4-6,9,11H2,1H3;2,4,6,9,11H,1,3,5H2,(H2,8,10,12)/b;4-2-. The summed E-state index contributed by atoms with van der Waals surface area (Å²) >= 11 is 6.08. The molecule has 3 rings (SSSR count). The van der Waals surface area contributed by atoms with Crippen LogP contribution in [0.2, 0.25) is 5.02 Å². The number of aliphatic hydroxyl groups excluding tert-OH is 1. The van der Waals surface area contributed by atoms with Gasteiger partial charge in [-0.15, -0.1) is 0 Å². The number of amides is 2. The van der Waals surface area contributed by atoms with E-state index < -0.39 is 0 Å². The van der Waals surface area contributed by atoms with Crippen molar-refractivity contribution in [3.63, 3.8) is 0 Å². The molecule has 1 unspecified atom stereocenters. The Morgan fingerprint density at radius 2 is 2.18 bits per heavy atom. The number of halogens is 1. The summed E-state index contributed by atoms with van der Waals surface area (Å²) in [7, 11) is 0. The molecule has 1 fully saturated rings. The number of hydrogen-bond donors (Lipinski definition) is 3. The molecular formula is C24H33ClN4O4. The second kappa shape index (κ2) is 14.3. The number of rotatable bonds is 11. The van der Waals surface area contributed by atoms with Crippen LogP contribution in [-0.4, -0.2) is 53.9 Å². The monoisotopic (exact) mass is 476 g/mol. The molecule has 0 radical (unpaired) electrons. The van der Waals surface area contributed by atoms with Crippen molar-refractivity contribution in [3.05, 3.63) is 53.4 Å². The van der Waals surface area contributed by atoms with E-state index in [0.29, 0.717) is 42.5 Å². The highest BCUT2D eigenvalue weighted by molar-refractivity contribution is 6.32. The molecule has 33 heavy (non-hydrogen) atoms. The molecular weight excluding hydrogens is 444 g/mol. The summed E-state index contributed by atoms with van der Waals surface area (Å²) in [5, 5.41) is 11.8. The largest absolute Gasteiger partial charge is 0.458 e. The molecule has 0 saturated heterocycles. The summed E-state index contributed by atoms with van der Waals surface area (Å²) in [5.41, 5.74) is 5.24. The zero-order chi connectivity index (χ0) is 24.1. The van der Waals surface area contributed by atoms with E-state index in [1.165, 1.54) is 25.3 Å². The maximum atomic E-state index is 12.1. The van der Waals surface area contributed by atoms with E-state index >= 15 is 0 Å². The quantitative estimate of drug-likeness (QED) is 0.195. The highest BCUT2D eigenvalue weighted by Gasteiger charge is 2.30. The van der Waals surface area contributed by atoms with Gasteiger partial charge in [0.15, 0.2) is 0 Å². The van der Waals surface area contributed by atoms with Gasteiger partial charge in [0, 0.05) is 31.5 Å². The topological polar surface area (TPSA) is 117 Å². The minimum atomic E-state index is 0.0453. The number of nitrogens with two attached hydrogens (primary N) is 1. The molecule has 1 aliphatic heterocycles. The molecule has 9 heteroatoms. The first kappa shape index (κ1) is 26.4. The van der Waals surface area contributed by atoms with Crippen molar-refractivity contribution in [2.24, 2.45) is 16.6 Å². The van der Waals surface area contributed by atoms with Crippen molar-refractivity contribution in [2.45, 2.75) is 45.1 Å². The number of aliphatic imine (C=N–C) groups is 1. The lowest BCUT2D eigenvalue weighted by molar-refractivity contribution is -0.126. The first-order chi connectivity index (χ1) is 15.9. The lowest BCUT2D eigenvalue weighted by Crippen LogP contribution is -2.37. The number of carbonyl (C=O) groups excluding carboxylic acids is 2. The Kier molecular flexibility index (Phi) is 11.5. The minimum absolute atomic E-state index is 0.0453. The van der Waals surface area contributed by atoms with Gasteiger partial charge in [0.05, 0.1) is 11.6 Å². The summed E-state index contributed by atoms with van der Waals surface area (Å²) in [6, 6.07) is 7.59. The smallest absolute Gasteiger partial charge is 0.250 e. The van der Waals surface area contributed by atoms with Crippen molar-refractivity contribution >= 4 is 29.8 Å². The molecule has 1 atom stereocenters. The van der Waals surface area contributed by atoms with Gasteiger partial charge >= 0.3 is 0 Å². The van der Waals surface area contributed by atoms with Crippen LogP contribution in [0.5, 0.6) is 5.75 Å². The number of hydrogen-bond acceptors (Lipinski definition) is 5. The normalized spacial score (nSPS) is 17.2. The van der Waals surface area contributed by atoms with Crippen LogP contribution in [0.25, 0.3) is 0 Å². The molecule has 1 saturated carbocycles. The molecule has 2 aliphatic rings. The number of para-hydroxylation sites is 1. The molecule has 1 aromatic carbocycles. The van der Waals surface area contributed by atoms with Crippen LogP contribution in [0, 0.1) is 5.92 Å². The van der Waals surface area contributed by atoms with Gasteiger partial charge in [-0.3, -0.25) is 9.59 Å². The molecule has 0 aromatic heterocycles. The number of nitrogens with one attached hydrogen (secondary N) is 1. The fourth-order valence-corrected chi connectivity index (χ4v) is 3.64. The van der Waals surface area contributed by atoms with Crippen LogP contribution in [0.4, 0.5) is 0 Å². The number of carbonyl (C=O) groups is 2. The predicted molar refractivity (Wildman–Crippen MR) is 130 cm³/mol. The molecule has 4 N–H and O–H groups in total. The predicted octanol–water partition coefficient (Wildman–Crippen LogP) is 3.01. The van der Waals surface area contributed by atoms with Gasteiger partial charge in [0.2, 0.25) is 6.41 Å². The molecule has 0 bridgehead atoms. The third-order valence-corrected chi connectivity index (χ3v) is 5.77. The fraction of sp³-hybridized carbons (Fsp3) is 0.458. The number of ether oxygens (including phenoxy) is 1. The van der Waals surface area contributed by atoms with Gasteiger partial charge < -0.3 is 25.8 Å². The Bertz CT molecular complexity index is 868. The Labute approximate surface area is 200 Å². The van der Waals surface area contributed by atoms with E-state index in [0.717, 1.165) is 12.3 Å². The maximum absolute atomic E-state index is 12.1. The van der Waals surface area contributed by atoms with Crippen molar-refractivity contribution in [1.82, 2.24) is 10.2 Å². The van der Waals surface area contributed by atoms with E-state index in [1.807, 2.05) is 23.1 Å². The van der Waals surface area contributed by atoms with Crippen LogP contribution in [-0.2, 0) is 9.59 Å². The third kappa shape index (κ3) is 9.27. The summed E-state index contributed by atoms with van der Waals surface area (Å²) < 4.78 is 5.77. The fourth-order valence-electron chi connectivity index (χ4n) is 3.47. The number of amidine groups is 1. The highest BCUT2D eigenvalue weighted by atomic mass is 35.5. The second-order valence-electron chi connectivity index (χ2n) is 8.01. The van der Waals surface area contributed by atoms with E-state index in [1.54, 1.807) is 18.3 Å². The summed E-state index contributed by atoms with van der Waals surface area (Å²) in [6.07, 6.45) is 10.8. The van der Waals surface area contributed by atoms with Crippen LogP contribution in [0.1, 0.15) is 39.0 Å². The van der Waals surface area contributed by atoms with Crippen LogP contribution in [0.3, 0.4) is 0 Å². The zero-order valence-corrected chi connectivity index (χ0v) is 19.7. The van der Waals surface area contributed by atoms with Crippen molar-refractivity contribution in [2.75, 3.05) is 19.7 Å². The Morgan fingerprint density at radius 3 is 2.82 bits per heavy atom. The van der Waals surface area contributed by atoms with Gasteiger partial charge in [0.1, 0.15) is 17.3 Å². The SMILES string of the molecule is CC(CC1CCC1)N1CC(Oc2ccccc2Cl)=CC1=O.NC(/C=C\NCCCO)=NC=O. The lowest BCUT2D eigenvalue weighted by Gasteiger charge is -2.32. The third-order valence-electron chi connectivity index (χ3n) is 5.46. The summed E-state index contributed by atoms with van der Waals surface area (Å²) in [6.45, 7) is 3.49. The van der Waals surface area contributed by atoms with Gasteiger partial charge in [-0.05, 0) is 43.9 Å². The first-order valence-electron chi connectivity index (χ1n) is 11.2. The first-order valence-corrected chi connectivity index (χ1v) is 11.5. The Balaban J connectivity index is 0.000000277. The molecule has 1 aliphatic carbocycles. The average molecular weight is 477 g/mol. The van der Waals surface area contributed by atoms with Gasteiger partial charge in [0.25, 0.3) is 5.91 Å². The van der Waals surface area contributed by atoms with E-state index in [4.69, 9.17) is 27.2 Å². The van der Waals surface area contributed by atoms with Gasteiger partial charge in [-0.1, -0.05) is 43.0 Å². The van der Waals surface area contributed by atoms with E-state index in [-0.39, 0.29) is 24.4 Å². The highest BCUT2D eigenvalue weighted by Crippen LogP contribution is 2.33. The number of aliphatic hydroxyl groups is 1. The van der Waals surface area contributed by atoms with Crippen molar-refractivity contribution in [3.8, 4) is 5.75 Å². The zero-order valence-electron chi connectivity index (χ0n) is 19.0. The summed E-state index contributed by atoms with van der Waals surface area (Å²) in [5.74, 6) is 2.27. The molecule has 2 amide bonds. The molecule has 8 nitrogen and oxygen atoms in total. The molecule has 0 spiro atoms. The minimum Gasteiger partial charge on any atom is -0.458 e. The van der Waals surface area contributed by atoms with E-state index in [2.05, 4.69) is 17.2 Å². The maximum Gasteiger partial charge on any atom is 0.250 e. The molecule has 180 valence electrons. The van der Waals surface area contributed by atoms with Gasteiger partial charge in [-0.25, -0.2) is 0 Å². The van der Waals surface area contributed by atoms with Crippen LogP contribution in [0.15, 0.2) is 53.4 Å². The number of benzene rings is 1. The van der Waals surface area contributed by atoms with Crippen LogP contribution >= 0.6 is 11.6 Å². The van der Waals surface area contributed by atoms with Gasteiger partial charge in [-0.2, -0.15) is 4.99 Å². The Morgan fingerprint density at radius 1 is 1.42 bits per heavy atom.